The van der Waals surface area contributed by atoms with Crippen molar-refractivity contribution in [3.05, 3.63) is 100 Å². The molecule has 1 aliphatic heterocycles. The van der Waals surface area contributed by atoms with E-state index >= 15 is 0 Å². The molecule has 0 aromatic heterocycles. The van der Waals surface area contributed by atoms with Crippen molar-refractivity contribution >= 4 is 64.3 Å². The van der Waals surface area contributed by atoms with Gasteiger partial charge in [0.2, 0.25) is 0 Å². The number of para-hydroxylation sites is 1. The van der Waals surface area contributed by atoms with Gasteiger partial charge in [-0.2, -0.15) is 0 Å². The minimum absolute atomic E-state index is 0.00855. The number of carboxylic acids is 1. The van der Waals surface area contributed by atoms with E-state index in [2.05, 4.69) is 35.3 Å². The zero-order valence-electron chi connectivity index (χ0n) is 19.5. The molecule has 0 spiro atoms. The molecule has 7 nitrogen and oxygen atoms in total. The van der Waals surface area contributed by atoms with Gasteiger partial charge < -0.3 is 9.52 Å². The maximum atomic E-state index is 12.4. The smallest absolute Gasteiger partial charge is 0.508 e. The van der Waals surface area contributed by atoms with Gasteiger partial charge in [-0.05, 0) is 24.3 Å². The molecule has 0 saturated carbocycles. The number of carboxylic acid groups (broad SMARTS) is 1. The molecule has 0 atom stereocenters. The molecule has 1 heterocycles. The van der Waals surface area contributed by atoms with Crippen LogP contribution in [0.25, 0.3) is 33.4 Å². The Morgan fingerprint density at radius 2 is 1.76 bits per heavy atom. The van der Waals surface area contributed by atoms with Crippen LogP contribution in [0, 0.1) is 0 Å². The molecule has 3 aromatic carbocycles. The molecule has 192 valence electrons. The molecule has 0 unspecified atom stereocenters. The molecule has 5 rings (SSSR count). The quantitative estimate of drug-likeness (QED) is 0.0901. The second-order valence-electron chi connectivity index (χ2n) is 8.35. The normalized spacial score (nSPS) is 11.1. The first-order chi connectivity index (χ1) is 18.3. The van der Waals surface area contributed by atoms with Gasteiger partial charge in [0.25, 0.3) is 0 Å². The molecule has 0 amide bonds. The molecule has 4 N–H and O–H groups in total. The van der Waals surface area contributed by atoms with E-state index in [0.29, 0.717) is 44.2 Å². The van der Waals surface area contributed by atoms with Crippen LogP contribution in [-0.4, -0.2) is 21.3 Å². The van der Waals surface area contributed by atoms with Crippen molar-refractivity contribution in [1.82, 2.24) is 0 Å². The van der Waals surface area contributed by atoms with E-state index in [4.69, 9.17) is 16.6 Å². The zero-order valence-corrected chi connectivity index (χ0v) is 24.6. The number of hydrogen-bond acceptors (Lipinski definition) is 5. The van der Waals surface area contributed by atoms with Gasteiger partial charge in [-0.1, -0.05) is 0 Å². The van der Waals surface area contributed by atoms with Gasteiger partial charge >= 0.3 is 171 Å². The fraction of sp³-hybridized carbons (Fsp3) is 0.0357. The van der Waals surface area contributed by atoms with E-state index < -0.39 is 5.97 Å². The molecule has 0 bridgehead atoms. The number of anilines is 2. The van der Waals surface area contributed by atoms with Gasteiger partial charge in [-0.15, -0.1) is 0 Å². The van der Waals surface area contributed by atoms with Crippen LogP contribution in [0.4, 0.5) is 11.4 Å². The van der Waals surface area contributed by atoms with E-state index in [9.17, 15) is 19.8 Å². The molecule has 3 aromatic rings. The third-order valence-electron chi connectivity index (χ3n) is 5.91. The Morgan fingerprint density at radius 1 is 0.974 bits per heavy atom. The number of hydrogen-bond donors (Lipinski definition) is 4. The summed E-state index contributed by atoms with van der Waals surface area (Å²) in [6, 6.07) is 21.9. The maximum absolute atomic E-state index is 12.4. The summed E-state index contributed by atoms with van der Waals surface area (Å²) >= 11 is 7.99. The fourth-order valence-electron chi connectivity index (χ4n) is 4.26. The van der Waals surface area contributed by atoms with Gasteiger partial charge in [-0.25, -0.2) is 0 Å². The van der Waals surface area contributed by atoms with E-state index in [1.165, 1.54) is 35.9 Å². The first kappa shape index (κ1) is 26.4. The minimum atomic E-state index is -1.12. The van der Waals surface area contributed by atoms with E-state index in [-0.39, 0.29) is 34.0 Å². The van der Waals surface area contributed by atoms with E-state index in [0.717, 1.165) is 10.1 Å². The van der Waals surface area contributed by atoms with Gasteiger partial charge in [0.15, 0.2) is 5.43 Å². The van der Waals surface area contributed by atoms with E-state index in [1.807, 2.05) is 18.2 Å². The molecule has 2 aliphatic rings. The Hall–Kier alpha value is -3.23. The fourth-order valence-corrected chi connectivity index (χ4v) is 7.55. The predicted octanol–water partition coefficient (Wildman–Crippen LogP) is 3.72. The Bertz CT molecular complexity index is 1740. The standard InChI is InChI=1S/C28H19I2N2O5S/c29-30-14-15-3-1-2-4-23(15)32-28(38)31-16-5-8-19(22(11-16)27(35)36)26-20-9-6-17(33)12-24(20)37-25-13-18(34)7-10-21(25)26/h1-13,33H,14H2,(H,35,36)(H2,31,32,38)/q-1. The molecule has 10 heteroatoms. The van der Waals surface area contributed by atoms with Gasteiger partial charge in [0.1, 0.15) is 17.1 Å². The SMILES string of the molecule is O=C(O)c1cc(NC(=S)Nc2ccccc2C[I-]I)ccc1-c1c2ccc(=O)cc-2oc2cc(O)ccc12. The zero-order chi connectivity index (χ0) is 26.8. The topological polar surface area (TPSA) is 112 Å². The third kappa shape index (κ3) is 5.47. The summed E-state index contributed by atoms with van der Waals surface area (Å²) in [5.41, 5.74) is 4.34. The monoisotopic (exact) mass is 749 g/mol. The molecule has 0 saturated heterocycles. The predicted molar refractivity (Wildman–Crippen MR) is 157 cm³/mol. The summed E-state index contributed by atoms with van der Waals surface area (Å²) in [6.07, 6.45) is 0. The van der Waals surface area contributed by atoms with Crippen LogP contribution >= 0.6 is 30.8 Å². The van der Waals surface area contributed by atoms with Gasteiger partial charge in [0, 0.05) is 12.1 Å². The summed E-state index contributed by atoms with van der Waals surface area (Å²) in [4.78, 5) is 24.5. The number of aromatic carboxylic acids is 1. The van der Waals surface area contributed by atoms with Crippen LogP contribution in [0.3, 0.4) is 0 Å². The number of fused-ring (bicyclic) bond motifs is 2. The molecule has 0 fully saturated rings. The Labute approximate surface area is 242 Å². The van der Waals surface area contributed by atoms with Crippen molar-refractivity contribution in [1.29, 1.82) is 0 Å². The third-order valence-corrected chi connectivity index (χ3v) is 9.16. The average Bonchev–Trinajstić information content (AvgIpc) is 2.88. The summed E-state index contributed by atoms with van der Waals surface area (Å²) in [6.45, 7) is 0. The molecular formula is C28H19I2N2O5S-. The number of phenolic OH excluding ortho intramolecular Hbond substituents is 1. The van der Waals surface area contributed by atoms with Crippen LogP contribution in [0.5, 0.6) is 5.75 Å². The Balaban J connectivity index is 1.57. The Morgan fingerprint density at radius 3 is 2.55 bits per heavy atom. The van der Waals surface area contributed by atoms with Crippen molar-refractivity contribution < 1.29 is 36.7 Å². The van der Waals surface area contributed by atoms with Crippen LogP contribution in [-0.2, 0) is 4.43 Å². The minimum Gasteiger partial charge on any atom is -0.508 e. The van der Waals surface area contributed by atoms with Crippen LogP contribution < -0.4 is 33.3 Å². The average molecular weight is 749 g/mol. The van der Waals surface area contributed by atoms with Gasteiger partial charge in [0.05, 0.1) is 0 Å². The van der Waals surface area contributed by atoms with Crippen molar-refractivity contribution in [2.24, 2.45) is 0 Å². The summed E-state index contributed by atoms with van der Waals surface area (Å²) in [5, 5.41) is 27.4. The first-order valence-corrected chi connectivity index (χ1v) is 19.5. The molecule has 0 radical (unpaired) electrons. The van der Waals surface area contributed by atoms with Crippen LogP contribution in [0.1, 0.15) is 15.9 Å². The van der Waals surface area contributed by atoms with Crippen molar-refractivity contribution in [3.63, 3.8) is 0 Å². The Kier molecular flexibility index (Phi) is 7.81. The number of benzene rings is 4. The van der Waals surface area contributed by atoms with Crippen molar-refractivity contribution in [2.75, 3.05) is 10.6 Å². The molecule has 38 heavy (non-hydrogen) atoms. The number of phenols is 1. The van der Waals surface area contributed by atoms with Crippen molar-refractivity contribution in [2.45, 2.75) is 4.43 Å². The first-order valence-electron chi connectivity index (χ1n) is 11.3. The van der Waals surface area contributed by atoms with Crippen LogP contribution in [0.2, 0.25) is 0 Å². The molecular weight excluding hydrogens is 730 g/mol. The van der Waals surface area contributed by atoms with E-state index in [1.54, 1.807) is 24.3 Å². The van der Waals surface area contributed by atoms with Crippen LogP contribution in [0.15, 0.2) is 88.1 Å². The second-order valence-corrected chi connectivity index (χ2v) is 14.0. The number of nitrogens with one attached hydrogen (secondary N) is 2. The number of thiocarbonyl (C=S) groups is 1. The summed E-state index contributed by atoms with van der Waals surface area (Å²) in [5.74, 6) is -0.840. The number of halogens is 2. The summed E-state index contributed by atoms with van der Waals surface area (Å²) < 4.78 is 6.89. The number of carbonyl (C=O) groups is 1. The van der Waals surface area contributed by atoms with Gasteiger partial charge in [-0.3, -0.25) is 4.79 Å². The second kappa shape index (κ2) is 11.3. The number of rotatable bonds is 6. The molecule has 1 aliphatic carbocycles. The number of alkyl halides is 1. The number of aromatic hydroxyl groups is 1. The van der Waals surface area contributed by atoms with Crippen molar-refractivity contribution in [3.8, 4) is 28.2 Å². The summed E-state index contributed by atoms with van der Waals surface area (Å²) in [7, 11) is 0.